The predicted molar refractivity (Wildman–Crippen MR) is 86.0 cm³/mol. The molecule has 0 unspecified atom stereocenters. The summed E-state index contributed by atoms with van der Waals surface area (Å²) in [4.78, 5) is 8.69. The van der Waals surface area contributed by atoms with Gasteiger partial charge in [0.2, 0.25) is 0 Å². The second-order valence-corrected chi connectivity index (χ2v) is 4.66. The highest BCUT2D eigenvalue weighted by atomic mass is 16.5. The first-order chi connectivity index (χ1) is 10.3. The number of rotatable bonds is 8. The Morgan fingerprint density at radius 3 is 2.48 bits per heavy atom. The van der Waals surface area contributed by atoms with Gasteiger partial charge in [-0.05, 0) is 32.4 Å². The second-order valence-electron chi connectivity index (χ2n) is 4.66. The van der Waals surface area contributed by atoms with E-state index in [2.05, 4.69) is 20.6 Å². The Balaban J connectivity index is 1.73. The minimum atomic E-state index is 0.682. The zero-order chi connectivity index (χ0) is 14.9. The summed E-state index contributed by atoms with van der Waals surface area (Å²) >= 11 is 0. The summed E-state index contributed by atoms with van der Waals surface area (Å²) < 4.78 is 5.64. The van der Waals surface area contributed by atoms with E-state index in [4.69, 9.17) is 4.74 Å². The molecule has 2 rings (SSSR count). The quantitative estimate of drug-likeness (QED) is 0.730. The van der Waals surface area contributed by atoms with Crippen LogP contribution in [0.15, 0.2) is 36.4 Å². The maximum atomic E-state index is 5.64. The predicted octanol–water partition coefficient (Wildman–Crippen LogP) is 3.10. The van der Waals surface area contributed by atoms with Gasteiger partial charge in [0.05, 0.1) is 6.61 Å². The lowest BCUT2D eigenvalue weighted by Crippen LogP contribution is -2.10. The van der Waals surface area contributed by atoms with Gasteiger partial charge in [0.15, 0.2) is 0 Å². The molecular weight excluding hydrogens is 264 g/mol. The zero-order valence-corrected chi connectivity index (χ0v) is 12.6. The van der Waals surface area contributed by atoms with Gasteiger partial charge in [-0.15, -0.1) is 0 Å². The number of aryl methyl sites for hydroxylation is 1. The van der Waals surface area contributed by atoms with Crippen LogP contribution in [0.25, 0.3) is 0 Å². The number of benzene rings is 1. The smallest absolute Gasteiger partial charge is 0.131 e. The average Bonchev–Trinajstić information content (AvgIpc) is 2.48. The van der Waals surface area contributed by atoms with Crippen LogP contribution in [-0.4, -0.2) is 29.7 Å². The summed E-state index contributed by atoms with van der Waals surface area (Å²) in [6.45, 7) is 6.28. The van der Waals surface area contributed by atoms with Crippen molar-refractivity contribution in [1.29, 1.82) is 0 Å². The molecule has 2 aromatic rings. The summed E-state index contributed by atoms with van der Waals surface area (Å²) in [6, 6.07) is 11.8. The van der Waals surface area contributed by atoms with Gasteiger partial charge in [0.25, 0.3) is 0 Å². The van der Waals surface area contributed by atoms with E-state index in [0.29, 0.717) is 6.61 Å². The van der Waals surface area contributed by atoms with Crippen LogP contribution >= 0.6 is 0 Å². The van der Waals surface area contributed by atoms with Crippen molar-refractivity contribution in [2.45, 2.75) is 20.3 Å². The van der Waals surface area contributed by atoms with Crippen molar-refractivity contribution >= 4 is 11.6 Å². The third kappa shape index (κ3) is 5.30. The van der Waals surface area contributed by atoms with Crippen LogP contribution in [0.1, 0.15) is 19.2 Å². The van der Waals surface area contributed by atoms with E-state index in [1.807, 2.05) is 50.2 Å². The van der Waals surface area contributed by atoms with Crippen molar-refractivity contribution in [3.8, 4) is 5.75 Å². The molecule has 1 aromatic carbocycles. The first kappa shape index (κ1) is 15.1. The van der Waals surface area contributed by atoms with Gasteiger partial charge in [-0.3, -0.25) is 0 Å². The summed E-state index contributed by atoms with van der Waals surface area (Å²) in [5.41, 5.74) is 0. The van der Waals surface area contributed by atoms with Gasteiger partial charge in [0, 0.05) is 19.2 Å². The standard InChI is InChI=1S/C16H22N4O/c1-3-17-15-12-16(20-13(2)19-15)18-10-7-11-21-14-8-5-4-6-9-14/h4-6,8-9,12H,3,7,10-11H2,1-2H3,(H2,17,18,19,20). The number of aromatic nitrogens is 2. The highest BCUT2D eigenvalue weighted by Crippen LogP contribution is 2.11. The van der Waals surface area contributed by atoms with Crippen LogP contribution in [0.5, 0.6) is 5.75 Å². The largest absolute Gasteiger partial charge is 0.494 e. The molecule has 21 heavy (non-hydrogen) atoms. The molecule has 1 heterocycles. The molecule has 0 saturated heterocycles. The molecule has 0 aliphatic heterocycles. The number of hydrogen-bond acceptors (Lipinski definition) is 5. The Morgan fingerprint density at radius 2 is 1.76 bits per heavy atom. The molecule has 0 saturated carbocycles. The van der Waals surface area contributed by atoms with E-state index in [1.54, 1.807) is 0 Å². The fourth-order valence-electron chi connectivity index (χ4n) is 1.93. The lowest BCUT2D eigenvalue weighted by atomic mass is 10.3. The first-order valence-corrected chi connectivity index (χ1v) is 7.29. The number of nitrogens with zero attached hydrogens (tertiary/aromatic N) is 2. The van der Waals surface area contributed by atoms with Crippen LogP contribution in [-0.2, 0) is 0 Å². The molecule has 5 heteroatoms. The molecule has 0 bridgehead atoms. The van der Waals surface area contributed by atoms with Crippen molar-refractivity contribution in [3.63, 3.8) is 0 Å². The number of nitrogens with one attached hydrogen (secondary N) is 2. The maximum Gasteiger partial charge on any atom is 0.131 e. The van der Waals surface area contributed by atoms with E-state index in [0.717, 1.165) is 42.7 Å². The van der Waals surface area contributed by atoms with Crippen LogP contribution in [0.2, 0.25) is 0 Å². The van der Waals surface area contributed by atoms with Gasteiger partial charge in [-0.25, -0.2) is 9.97 Å². The van der Waals surface area contributed by atoms with Crippen molar-refractivity contribution in [2.24, 2.45) is 0 Å². The summed E-state index contributed by atoms with van der Waals surface area (Å²) in [5, 5.41) is 6.50. The van der Waals surface area contributed by atoms with E-state index in [1.165, 1.54) is 0 Å². The zero-order valence-electron chi connectivity index (χ0n) is 12.6. The van der Waals surface area contributed by atoms with Gasteiger partial charge in [-0.2, -0.15) is 0 Å². The fraction of sp³-hybridized carbons (Fsp3) is 0.375. The highest BCUT2D eigenvalue weighted by molar-refractivity contribution is 5.47. The van der Waals surface area contributed by atoms with E-state index in [-0.39, 0.29) is 0 Å². The molecule has 0 radical (unpaired) electrons. The molecule has 0 aliphatic carbocycles. The molecule has 0 amide bonds. The summed E-state index contributed by atoms with van der Waals surface area (Å²) in [6.07, 6.45) is 0.911. The molecule has 1 aromatic heterocycles. The minimum Gasteiger partial charge on any atom is -0.494 e. The molecule has 2 N–H and O–H groups in total. The number of para-hydroxylation sites is 1. The van der Waals surface area contributed by atoms with E-state index in [9.17, 15) is 0 Å². The highest BCUT2D eigenvalue weighted by Gasteiger charge is 2.00. The van der Waals surface area contributed by atoms with Crippen molar-refractivity contribution in [2.75, 3.05) is 30.3 Å². The molecule has 0 spiro atoms. The van der Waals surface area contributed by atoms with Gasteiger partial charge in [-0.1, -0.05) is 18.2 Å². The van der Waals surface area contributed by atoms with E-state index < -0.39 is 0 Å². The second kappa shape index (κ2) is 8.09. The average molecular weight is 286 g/mol. The fourth-order valence-corrected chi connectivity index (χ4v) is 1.93. The van der Waals surface area contributed by atoms with Crippen LogP contribution in [0.3, 0.4) is 0 Å². The van der Waals surface area contributed by atoms with E-state index >= 15 is 0 Å². The topological polar surface area (TPSA) is 59.1 Å². The first-order valence-electron chi connectivity index (χ1n) is 7.29. The lowest BCUT2D eigenvalue weighted by Gasteiger charge is -2.10. The number of anilines is 2. The number of hydrogen-bond donors (Lipinski definition) is 2. The monoisotopic (exact) mass is 286 g/mol. The Bertz CT molecular complexity index is 545. The Kier molecular flexibility index (Phi) is 5.82. The summed E-state index contributed by atoms with van der Waals surface area (Å²) in [5.74, 6) is 3.37. The molecule has 5 nitrogen and oxygen atoms in total. The SMILES string of the molecule is CCNc1cc(NCCCOc2ccccc2)nc(C)n1. The Morgan fingerprint density at radius 1 is 1.05 bits per heavy atom. The normalized spacial score (nSPS) is 10.2. The minimum absolute atomic E-state index is 0.682. The van der Waals surface area contributed by atoms with Crippen molar-refractivity contribution in [3.05, 3.63) is 42.2 Å². The van der Waals surface area contributed by atoms with Gasteiger partial charge in [0.1, 0.15) is 23.2 Å². The molecular formula is C16H22N4O. The lowest BCUT2D eigenvalue weighted by molar-refractivity contribution is 0.315. The van der Waals surface area contributed by atoms with Gasteiger partial charge >= 0.3 is 0 Å². The number of ether oxygens (including phenoxy) is 1. The Labute approximate surface area is 125 Å². The van der Waals surface area contributed by atoms with Crippen LogP contribution in [0, 0.1) is 6.92 Å². The Hall–Kier alpha value is -2.30. The molecule has 0 aliphatic rings. The maximum absolute atomic E-state index is 5.64. The summed E-state index contributed by atoms with van der Waals surface area (Å²) in [7, 11) is 0. The van der Waals surface area contributed by atoms with Gasteiger partial charge < -0.3 is 15.4 Å². The van der Waals surface area contributed by atoms with Crippen molar-refractivity contribution < 1.29 is 4.74 Å². The third-order valence-electron chi connectivity index (χ3n) is 2.84. The third-order valence-corrected chi connectivity index (χ3v) is 2.84. The van der Waals surface area contributed by atoms with Crippen LogP contribution < -0.4 is 15.4 Å². The van der Waals surface area contributed by atoms with Crippen LogP contribution in [0.4, 0.5) is 11.6 Å². The molecule has 0 atom stereocenters. The van der Waals surface area contributed by atoms with Crippen molar-refractivity contribution in [1.82, 2.24) is 9.97 Å². The molecule has 0 fully saturated rings. The molecule has 112 valence electrons.